The molecule has 1 N–H and O–H groups in total. The Morgan fingerprint density at radius 2 is 1.79 bits per heavy atom. The van der Waals surface area contributed by atoms with Crippen LogP contribution in [-0.4, -0.2) is 41.2 Å². The zero-order chi connectivity index (χ0) is 17.7. The molecule has 0 aliphatic carbocycles. The summed E-state index contributed by atoms with van der Waals surface area (Å²) in [5, 5.41) is 2.51. The van der Waals surface area contributed by atoms with Crippen LogP contribution in [0.2, 0.25) is 0 Å². The van der Waals surface area contributed by atoms with Crippen molar-refractivity contribution in [3.8, 4) is 0 Å². The summed E-state index contributed by atoms with van der Waals surface area (Å²) < 4.78 is 0. The van der Waals surface area contributed by atoms with Crippen LogP contribution in [0.5, 0.6) is 0 Å². The zero-order valence-corrected chi connectivity index (χ0v) is 13.8. The van der Waals surface area contributed by atoms with Gasteiger partial charge in [0.15, 0.2) is 0 Å². The second-order valence-corrected chi connectivity index (χ2v) is 5.70. The summed E-state index contributed by atoms with van der Waals surface area (Å²) in [6.45, 7) is 3.23. The fourth-order valence-electron chi connectivity index (χ4n) is 2.72. The Balaban J connectivity index is 1.84. The third-order valence-electron chi connectivity index (χ3n) is 3.91. The summed E-state index contributed by atoms with van der Waals surface area (Å²) in [7, 11) is 0. The number of hydrogen-bond acceptors (Lipinski definition) is 4. The van der Waals surface area contributed by atoms with Gasteiger partial charge in [-0.25, -0.2) is 4.79 Å². The maximum absolute atomic E-state index is 12.0. The highest BCUT2D eigenvalue weighted by Crippen LogP contribution is 2.16. The van der Waals surface area contributed by atoms with E-state index in [-0.39, 0.29) is 5.91 Å². The second-order valence-electron chi connectivity index (χ2n) is 5.70. The van der Waals surface area contributed by atoms with Crippen LogP contribution >= 0.6 is 0 Å². The molecule has 0 unspecified atom stereocenters. The Hall–Kier alpha value is -2.70. The van der Waals surface area contributed by atoms with E-state index in [0.29, 0.717) is 30.7 Å². The summed E-state index contributed by atoms with van der Waals surface area (Å²) in [5.41, 5.74) is 0.831. The van der Waals surface area contributed by atoms with E-state index >= 15 is 0 Å². The Bertz CT molecular complexity index is 644. The SMILES string of the molecule is CC(=O)N1C(=O)N[C@H](CCCCN(C(C)=O)c2ccccc2)C1=O. The number of unbranched alkanes of at least 4 members (excludes halogenated alkanes) is 1. The zero-order valence-electron chi connectivity index (χ0n) is 13.8. The van der Waals surface area contributed by atoms with Gasteiger partial charge >= 0.3 is 6.03 Å². The van der Waals surface area contributed by atoms with Gasteiger partial charge in [0, 0.05) is 26.1 Å². The maximum Gasteiger partial charge on any atom is 0.331 e. The number of nitrogens with zero attached hydrogens (tertiary/aromatic N) is 2. The van der Waals surface area contributed by atoms with Gasteiger partial charge in [-0.15, -0.1) is 0 Å². The molecule has 5 amide bonds. The number of rotatable bonds is 6. The van der Waals surface area contributed by atoms with E-state index in [1.165, 1.54) is 13.8 Å². The third-order valence-corrected chi connectivity index (χ3v) is 3.91. The Morgan fingerprint density at radius 3 is 2.33 bits per heavy atom. The molecule has 0 saturated carbocycles. The number of amides is 5. The lowest BCUT2D eigenvalue weighted by atomic mass is 10.1. The highest BCUT2D eigenvalue weighted by molar-refractivity contribution is 6.15. The average Bonchev–Trinajstić information content (AvgIpc) is 2.81. The van der Waals surface area contributed by atoms with Crippen LogP contribution in [-0.2, 0) is 14.4 Å². The van der Waals surface area contributed by atoms with Gasteiger partial charge < -0.3 is 10.2 Å². The Kier molecular flexibility index (Phi) is 5.68. The van der Waals surface area contributed by atoms with Crippen molar-refractivity contribution in [2.45, 2.75) is 39.2 Å². The van der Waals surface area contributed by atoms with Gasteiger partial charge in [-0.2, -0.15) is 4.90 Å². The van der Waals surface area contributed by atoms with Crippen molar-refractivity contribution in [3.63, 3.8) is 0 Å². The quantitative estimate of drug-likeness (QED) is 0.634. The highest BCUT2D eigenvalue weighted by Gasteiger charge is 2.39. The van der Waals surface area contributed by atoms with Gasteiger partial charge in [-0.05, 0) is 31.4 Å². The lowest BCUT2D eigenvalue weighted by Crippen LogP contribution is -2.35. The molecular formula is C17H21N3O4. The standard InChI is InChI=1S/C17H21N3O4/c1-12(21)19(14-8-4-3-5-9-14)11-7-6-10-15-16(23)20(13(2)22)17(24)18-15/h3-5,8-9,15H,6-7,10-11H2,1-2H3,(H,18,24)/t15-/m1/s1. The number of hydrogen-bond donors (Lipinski definition) is 1. The molecule has 1 aromatic carbocycles. The van der Waals surface area contributed by atoms with Crippen LogP contribution in [0.1, 0.15) is 33.1 Å². The van der Waals surface area contributed by atoms with Crippen molar-refractivity contribution < 1.29 is 19.2 Å². The molecule has 1 fully saturated rings. The summed E-state index contributed by atoms with van der Waals surface area (Å²) in [5.74, 6) is -1.12. The van der Waals surface area contributed by atoms with Crippen molar-refractivity contribution in [2.24, 2.45) is 0 Å². The van der Waals surface area contributed by atoms with Crippen molar-refractivity contribution in [1.82, 2.24) is 10.2 Å². The van der Waals surface area contributed by atoms with Gasteiger partial charge in [0.25, 0.3) is 5.91 Å². The molecule has 0 aromatic heterocycles. The molecule has 128 valence electrons. The van der Waals surface area contributed by atoms with Crippen LogP contribution < -0.4 is 10.2 Å². The van der Waals surface area contributed by atoms with E-state index in [0.717, 1.165) is 5.69 Å². The molecular weight excluding hydrogens is 310 g/mol. The predicted octanol–water partition coefficient (Wildman–Crippen LogP) is 1.68. The Labute approximate surface area is 140 Å². The van der Waals surface area contributed by atoms with E-state index < -0.39 is 23.9 Å². The molecule has 7 heteroatoms. The largest absolute Gasteiger partial charge is 0.331 e. The minimum Gasteiger partial charge on any atom is -0.325 e. The highest BCUT2D eigenvalue weighted by atomic mass is 16.2. The van der Waals surface area contributed by atoms with Gasteiger partial charge in [-0.1, -0.05) is 18.2 Å². The van der Waals surface area contributed by atoms with E-state index in [9.17, 15) is 19.2 Å². The molecule has 1 heterocycles. The normalized spacial score (nSPS) is 16.9. The molecule has 1 atom stereocenters. The van der Waals surface area contributed by atoms with Gasteiger partial charge in [-0.3, -0.25) is 14.4 Å². The molecule has 0 radical (unpaired) electrons. The first kappa shape index (κ1) is 17.7. The van der Waals surface area contributed by atoms with E-state index in [1.54, 1.807) is 4.90 Å². The minimum absolute atomic E-state index is 0.0470. The van der Waals surface area contributed by atoms with E-state index in [2.05, 4.69) is 5.32 Å². The van der Waals surface area contributed by atoms with Crippen molar-refractivity contribution in [3.05, 3.63) is 30.3 Å². The molecule has 0 spiro atoms. The molecule has 2 rings (SSSR count). The summed E-state index contributed by atoms with van der Waals surface area (Å²) in [6.07, 6.45) is 1.78. The Morgan fingerprint density at radius 1 is 1.12 bits per heavy atom. The topological polar surface area (TPSA) is 86.8 Å². The van der Waals surface area contributed by atoms with Crippen molar-refractivity contribution in [2.75, 3.05) is 11.4 Å². The first-order chi connectivity index (χ1) is 11.4. The van der Waals surface area contributed by atoms with Gasteiger partial charge in [0.2, 0.25) is 11.8 Å². The number of anilines is 1. The lowest BCUT2D eigenvalue weighted by Gasteiger charge is -2.21. The summed E-state index contributed by atoms with van der Waals surface area (Å²) in [4.78, 5) is 48.9. The predicted molar refractivity (Wildman–Crippen MR) is 88.2 cm³/mol. The molecule has 7 nitrogen and oxygen atoms in total. The number of urea groups is 1. The van der Waals surface area contributed by atoms with Crippen LogP contribution in [0.25, 0.3) is 0 Å². The van der Waals surface area contributed by atoms with E-state index in [4.69, 9.17) is 0 Å². The third kappa shape index (κ3) is 3.98. The second kappa shape index (κ2) is 7.72. The van der Waals surface area contributed by atoms with E-state index in [1.807, 2.05) is 30.3 Å². The van der Waals surface area contributed by atoms with Crippen LogP contribution in [0.4, 0.5) is 10.5 Å². The van der Waals surface area contributed by atoms with Crippen LogP contribution in [0.3, 0.4) is 0 Å². The van der Waals surface area contributed by atoms with Crippen molar-refractivity contribution >= 4 is 29.4 Å². The van der Waals surface area contributed by atoms with Crippen LogP contribution in [0.15, 0.2) is 30.3 Å². The van der Waals surface area contributed by atoms with Gasteiger partial charge in [0.1, 0.15) is 6.04 Å². The summed E-state index contributed by atoms with van der Waals surface area (Å²) in [6, 6.07) is 8.04. The first-order valence-electron chi connectivity index (χ1n) is 7.90. The number of para-hydroxylation sites is 1. The number of carbonyl (C=O) groups is 4. The monoisotopic (exact) mass is 331 g/mol. The smallest absolute Gasteiger partial charge is 0.325 e. The molecule has 1 aromatic rings. The molecule has 1 aliphatic heterocycles. The lowest BCUT2D eigenvalue weighted by molar-refractivity contribution is -0.138. The van der Waals surface area contributed by atoms with Crippen LogP contribution in [0, 0.1) is 0 Å². The fraction of sp³-hybridized carbons (Fsp3) is 0.412. The molecule has 24 heavy (non-hydrogen) atoms. The maximum atomic E-state index is 12.0. The number of benzene rings is 1. The number of carbonyl (C=O) groups excluding carboxylic acids is 4. The first-order valence-corrected chi connectivity index (χ1v) is 7.90. The minimum atomic E-state index is -0.663. The summed E-state index contributed by atoms with van der Waals surface area (Å²) >= 11 is 0. The molecule has 0 bridgehead atoms. The molecule has 1 aliphatic rings. The van der Waals surface area contributed by atoms with Gasteiger partial charge in [0.05, 0.1) is 0 Å². The van der Waals surface area contributed by atoms with Crippen molar-refractivity contribution in [1.29, 1.82) is 0 Å². The average molecular weight is 331 g/mol. The number of nitrogens with one attached hydrogen (secondary N) is 1. The number of imide groups is 3. The molecule has 1 saturated heterocycles. The fourth-order valence-corrected chi connectivity index (χ4v) is 2.72.